The number of hydrogen-bond acceptors (Lipinski definition) is 2. The quantitative estimate of drug-likeness (QED) is 0.777. The summed E-state index contributed by atoms with van der Waals surface area (Å²) in [6, 6.07) is 5.85. The molecule has 2 aromatic rings. The molecule has 1 atom stereocenters. The number of halogens is 1. The van der Waals surface area contributed by atoms with Gasteiger partial charge in [0.2, 0.25) is 0 Å². The summed E-state index contributed by atoms with van der Waals surface area (Å²) < 4.78 is 1.96. The molecule has 96 valence electrons. The smallest absolute Gasteiger partial charge is 0.138 e. The zero-order valence-corrected chi connectivity index (χ0v) is 11.4. The van der Waals surface area contributed by atoms with Crippen molar-refractivity contribution < 1.29 is 0 Å². The number of aromatic nitrogens is 2. The summed E-state index contributed by atoms with van der Waals surface area (Å²) in [4.78, 5) is 7.07. The van der Waals surface area contributed by atoms with E-state index >= 15 is 0 Å². The normalized spacial score (nSPS) is 21.6. The molecule has 3 nitrogen and oxygen atoms in total. The molecule has 1 aliphatic rings. The van der Waals surface area contributed by atoms with Gasteiger partial charge in [-0.2, -0.15) is 0 Å². The van der Waals surface area contributed by atoms with E-state index in [2.05, 4.69) is 23.1 Å². The Kier molecular flexibility index (Phi) is 3.27. The van der Waals surface area contributed by atoms with E-state index in [-0.39, 0.29) is 0 Å². The summed E-state index contributed by atoms with van der Waals surface area (Å²) in [6.07, 6.45) is 5.75. The Labute approximate surface area is 112 Å². The van der Waals surface area contributed by atoms with Crippen LogP contribution in [0.4, 0.5) is 0 Å². The van der Waals surface area contributed by atoms with E-state index in [1.54, 1.807) is 0 Å². The van der Waals surface area contributed by atoms with Crippen LogP contribution in [0.2, 0.25) is 5.15 Å². The second-order valence-electron chi connectivity index (χ2n) is 5.28. The molecule has 1 aliphatic heterocycles. The number of fused-ring (bicyclic) bond motifs is 1. The van der Waals surface area contributed by atoms with Crippen LogP contribution in [0.3, 0.4) is 0 Å². The van der Waals surface area contributed by atoms with Crippen LogP contribution in [0.25, 0.3) is 5.65 Å². The first-order valence-electron chi connectivity index (χ1n) is 6.53. The molecule has 1 fully saturated rings. The molecular weight excluding hydrogens is 246 g/mol. The van der Waals surface area contributed by atoms with Crippen LogP contribution in [0.5, 0.6) is 0 Å². The molecule has 0 radical (unpaired) electrons. The first kappa shape index (κ1) is 12.0. The van der Waals surface area contributed by atoms with Gasteiger partial charge in [0.1, 0.15) is 10.8 Å². The molecule has 3 rings (SSSR count). The van der Waals surface area contributed by atoms with Gasteiger partial charge in [0.15, 0.2) is 0 Å². The van der Waals surface area contributed by atoms with Crippen molar-refractivity contribution in [1.29, 1.82) is 0 Å². The third kappa shape index (κ3) is 2.38. The van der Waals surface area contributed by atoms with E-state index in [0.717, 1.165) is 28.8 Å². The van der Waals surface area contributed by atoms with Crippen molar-refractivity contribution in [3.05, 3.63) is 35.2 Å². The predicted octanol–water partition coefficient (Wildman–Crippen LogP) is 2.87. The molecule has 0 aliphatic carbocycles. The average molecular weight is 264 g/mol. The van der Waals surface area contributed by atoms with E-state index in [9.17, 15) is 0 Å². The van der Waals surface area contributed by atoms with Gasteiger partial charge in [-0.15, -0.1) is 0 Å². The summed E-state index contributed by atoms with van der Waals surface area (Å²) >= 11 is 6.15. The third-order valence-corrected chi connectivity index (χ3v) is 4.02. The van der Waals surface area contributed by atoms with Gasteiger partial charge in [-0.3, -0.25) is 4.40 Å². The summed E-state index contributed by atoms with van der Waals surface area (Å²) in [5.41, 5.74) is 2.10. The summed E-state index contributed by atoms with van der Waals surface area (Å²) in [7, 11) is 2.20. The first-order chi connectivity index (χ1) is 8.72. The van der Waals surface area contributed by atoms with Gasteiger partial charge in [-0.05, 0) is 50.9 Å². The van der Waals surface area contributed by atoms with Crippen LogP contribution in [-0.4, -0.2) is 34.4 Å². The molecule has 1 unspecified atom stereocenters. The van der Waals surface area contributed by atoms with Gasteiger partial charge in [0.05, 0.1) is 5.69 Å². The summed E-state index contributed by atoms with van der Waals surface area (Å²) in [6.45, 7) is 2.41. The molecule has 0 bridgehead atoms. The fourth-order valence-corrected chi connectivity index (χ4v) is 3.07. The highest BCUT2D eigenvalue weighted by Gasteiger charge is 2.18. The number of rotatable bonds is 2. The van der Waals surface area contributed by atoms with Gasteiger partial charge < -0.3 is 4.90 Å². The molecule has 0 saturated carbocycles. The molecule has 4 heteroatoms. The Morgan fingerprint density at radius 3 is 3.11 bits per heavy atom. The topological polar surface area (TPSA) is 20.5 Å². The van der Waals surface area contributed by atoms with Crippen LogP contribution in [-0.2, 0) is 6.42 Å². The summed E-state index contributed by atoms with van der Waals surface area (Å²) in [5.74, 6) is 0.729. The Morgan fingerprint density at radius 1 is 1.44 bits per heavy atom. The summed E-state index contributed by atoms with van der Waals surface area (Å²) in [5, 5.41) is 0.729. The van der Waals surface area contributed by atoms with E-state index < -0.39 is 0 Å². The highest BCUT2D eigenvalue weighted by atomic mass is 35.5. The minimum Gasteiger partial charge on any atom is -0.306 e. The standard InChI is InChI=1S/C14H18ClN3/c1-17-7-3-4-11(9-17)8-12-10-18-13(15)5-2-6-14(18)16-12/h2,5-6,10-11H,3-4,7-9H2,1H3. The van der Waals surface area contributed by atoms with Crippen molar-refractivity contribution in [2.24, 2.45) is 5.92 Å². The second kappa shape index (κ2) is 4.90. The molecule has 0 aromatic carbocycles. The Bertz CT molecular complexity index is 549. The lowest BCUT2D eigenvalue weighted by Gasteiger charge is -2.29. The SMILES string of the molecule is CN1CCCC(Cc2cn3c(Cl)cccc3n2)C1. The van der Waals surface area contributed by atoms with E-state index in [1.165, 1.54) is 25.9 Å². The third-order valence-electron chi connectivity index (χ3n) is 3.71. The lowest BCUT2D eigenvalue weighted by atomic mass is 9.94. The zero-order chi connectivity index (χ0) is 12.5. The van der Waals surface area contributed by atoms with Gasteiger partial charge >= 0.3 is 0 Å². The average Bonchev–Trinajstić information content (AvgIpc) is 2.73. The van der Waals surface area contributed by atoms with Gasteiger partial charge in [0.25, 0.3) is 0 Å². The number of piperidine rings is 1. The number of pyridine rings is 1. The van der Waals surface area contributed by atoms with Crippen LogP contribution >= 0.6 is 11.6 Å². The van der Waals surface area contributed by atoms with Gasteiger partial charge in [-0.1, -0.05) is 17.7 Å². The largest absolute Gasteiger partial charge is 0.306 e. The molecule has 1 saturated heterocycles. The molecular formula is C14H18ClN3. The highest BCUT2D eigenvalue weighted by molar-refractivity contribution is 6.29. The maximum atomic E-state index is 6.15. The maximum Gasteiger partial charge on any atom is 0.138 e. The molecule has 18 heavy (non-hydrogen) atoms. The minimum absolute atomic E-state index is 0.729. The van der Waals surface area contributed by atoms with E-state index in [0.29, 0.717) is 0 Å². The van der Waals surface area contributed by atoms with Crippen molar-refractivity contribution in [2.45, 2.75) is 19.3 Å². The fourth-order valence-electron chi connectivity index (χ4n) is 2.86. The Morgan fingerprint density at radius 2 is 2.33 bits per heavy atom. The minimum atomic E-state index is 0.729. The van der Waals surface area contributed by atoms with Crippen molar-refractivity contribution >= 4 is 17.2 Å². The van der Waals surface area contributed by atoms with E-state index in [1.807, 2.05) is 22.6 Å². The molecule has 0 spiro atoms. The van der Waals surface area contributed by atoms with Crippen LogP contribution in [0.1, 0.15) is 18.5 Å². The van der Waals surface area contributed by atoms with E-state index in [4.69, 9.17) is 11.6 Å². The maximum absolute atomic E-state index is 6.15. The van der Waals surface area contributed by atoms with Crippen molar-refractivity contribution in [3.63, 3.8) is 0 Å². The Hall–Kier alpha value is -1.06. The lowest BCUT2D eigenvalue weighted by Crippen LogP contribution is -2.33. The zero-order valence-electron chi connectivity index (χ0n) is 10.6. The van der Waals surface area contributed by atoms with Crippen molar-refractivity contribution in [1.82, 2.24) is 14.3 Å². The molecule has 3 heterocycles. The number of imidazole rings is 1. The lowest BCUT2D eigenvalue weighted by molar-refractivity contribution is 0.208. The fraction of sp³-hybridized carbons (Fsp3) is 0.500. The second-order valence-corrected chi connectivity index (χ2v) is 5.67. The Balaban J connectivity index is 1.80. The van der Waals surface area contributed by atoms with Crippen LogP contribution in [0.15, 0.2) is 24.4 Å². The molecule has 0 N–H and O–H groups in total. The van der Waals surface area contributed by atoms with Gasteiger partial charge in [-0.25, -0.2) is 4.98 Å². The number of hydrogen-bond donors (Lipinski definition) is 0. The number of likely N-dealkylation sites (tertiary alicyclic amines) is 1. The highest BCUT2D eigenvalue weighted by Crippen LogP contribution is 2.21. The van der Waals surface area contributed by atoms with Crippen molar-refractivity contribution in [3.8, 4) is 0 Å². The van der Waals surface area contributed by atoms with Crippen molar-refractivity contribution in [2.75, 3.05) is 20.1 Å². The van der Waals surface area contributed by atoms with Crippen LogP contribution in [0, 0.1) is 5.92 Å². The number of nitrogens with zero attached hydrogens (tertiary/aromatic N) is 3. The van der Waals surface area contributed by atoms with Crippen LogP contribution < -0.4 is 0 Å². The molecule has 0 amide bonds. The van der Waals surface area contributed by atoms with Gasteiger partial charge in [0, 0.05) is 12.7 Å². The predicted molar refractivity (Wildman–Crippen MR) is 74.1 cm³/mol. The molecule has 2 aromatic heterocycles. The first-order valence-corrected chi connectivity index (χ1v) is 6.91. The monoisotopic (exact) mass is 263 g/mol.